The first kappa shape index (κ1) is 59.9. The minimum atomic E-state index is -5.61. The van der Waals surface area contributed by atoms with Gasteiger partial charge < -0.3 is 29.7 Å². The van der Waals surface area contributed by atoms with Crippen molar-refractivity contribution < 1.29 is 72.0 Å². The van der Waals surface area contributed by atoms with Crippen LogP contribution in [0.5, 0.6) is 0 Å². The zero-order chi connectivity index (χ0) is 54.9. The number of halogens is 3. The number of carbonyl (C=O) groups excluding carboxylic acids is 5. The monoisotopic (exact) mass is 1150 g/mol. The first-order valence-corrected chi connectivity index (χ1v) is 29.6. The molecule has 1 saturated heterocycles. The van der Waals surface area contributed by atoms with Gasteiger partial charge in [-0.3, -0.25) is 14.4 Å². The molecule has 3 N–H and O–H groups in total. The maximum atomic E-state index is 16.1. The number of allylic oxidation sites excluding steroid dienone is 2. The molecule has 0 aliphatic carbocycles. The number of hydrogen-bond acceptors (Lipinski definition) is 8. The van der Waals surface area contributed by atoms with E-state index in [1.54, 1.807) is 80.2 Å². The molecule has 3 aliphatic rings. The Morgan fingerprint density at radius 1 is 0.878 bits per heavy atom. The first-order chi connectivity index (χ1) is 34.9. The molecule has 1 fully saturated rings. The van der Waals surface area contributed by atoms with Crippen LogP contribution in [-0.2, 0) is 51.1 Å². The van der Waals surface area contributed by atoms with E-state index in [4.69, 9.17) is 9.47 Å². The van der Waals surface area contributed by atoms with Gasteiger partial charge in [-0.15, -0.1) is 0 Å². The average Bonchev–Trinajstić information content (AvgIpc) is 4.09. The van der Waals surface area contributed by atoms with E-state index in [2.05, 4.69) is 10.6 Å². The molecule has 0 radical (unpaired) electrons. The van der Waals surface area contributed by atoms with E-state index in [9.17, 15) is 33.9 Å². The summed E-state index contributed by atoms with van der Waals surface area (Å²) >= 11 is -5.61. The number of likely N-dealkylation sites (tertiary alicyclic amines) is 1. The maximum Gasteiger partial charge on any atom is -0.0176 e. The van der Waals surface area contributed by atoms with Crippen LogP contribution < -0.4 is 30.8 Å². The number of benzene rings is 1. The molecule has 1 aromatic heterocycles. The van der Waals surface area contributed by atoms with Crippen molar-refractivity contribution in [2.75, 3.05) is 34.9 Å². The maximum absolute atomic E-state index is 16.1. The van der Waals surface area contributed by atoms with Crippen molar-refractivity contribution in [2.45, 2.75) is 163 Å². The number of ether oxygens (including phenoxy) is 2. The van der Waals surface area contributed by atoms with Gasteiger partial charge in [0.15, 0.2) is 0 Å². The van der Waals surface area contributed by atoms with Crippen molar-refractivity contribution in [2.24, 2.45) is 23.7 Å². The Bertz CT molecular complexity index is 2440. The third-order valence-electron chi connectivity index (χ3n) is 15.1. The van der Waals surface area contributed by atoms with E-state index in [1.807, 2.05) is 60.6 Å². The number of aliphatic carboxylic acids is 1. The number of unbranched alkanes of at least 4 members (excludes halogenated alkanes) is 1. The quantitative estimate of drug-likeness (QED) is 0.0714. The number of hydrogen-bond donors (Lipinski definition) is 3. The van der Waals surface area contributed by atoms with Crippen LogP contribution in [0.2, 0.25) is 0 Å². The summed E-state index contributed by atoms with van der Waals surface area (Å²) in [5.41, 5.74) is 3.73. The molecule has 0 unspecified atom stereocenters. The van der Waals surface area contributed by atoms with Gasteiger partial charge in [-0.05, 0) is 30.2 Å². The summed E-state index contributed by atoms with van der Waals surface area (Å²) in [5.74, 6) is -4.71. The molecule has 3 aliphatic heterocycles. The normalized spacial score (nSPS) is 19.7. The summed E-state index contributed by atoms with van der Waals surface area (Å²) in [6, 6.07) is 8.36. The van der Waals surface area contributed by atoms with Gasteiger partial charge in [0.05, 0.1) is 36.6 Å². The number of carboxylic acid groups (broad SMARTS) is 1. The summed E-state index contributed by atoms with van der Waals surface area (Å²) in [6.45, 7) is 16.9. The second-order valence-corrected chi connectivity index (χ2v) is 25.1. The smallest absolute Gasteiger partial charge is 0.0176 e. The molecule has 9 atom stereocenters. The Kier molecular flexibility index (Phi) is 21.2. The van der Waals surface area contributed by atoms with Gasteiger partial charge in [-0.1, -0.05) is 71.4 Å². The van der Waals surface area contributed by atoms with Crippen LogP contribution >= 0.6 is 0 Å². The van der Waals surface area contributed by atoms with Gasteiger partial charge in [0, 0.05) is 34.2 Å². The van der Waals surface area contributed by atoms with Gasteiger partial charge in [-0.2, -0.15) is 0 Å². The fourth-order valence-electron chi connectivity index (χ4n) is 10.9. The van der Waals surface area contributed by atoms with Crippen molar-refractivity contribution in [1.82, 2.24) is 28.1 Å². The summed E-state index contributed by atoms with van der Waals surface area (Å²) < 4.78 is 46.6. The van der Waals surface area contributed by atoms with E-state index in [-0.39, 0.29) is 54.7 Å². The summed E-state index contributed by atoms with van der Waals surface area (Å²) in [6.07, 6.45) is 5.36. The molecule has 19 heteroatoms. The number of amides is 5. The van der Waals surface area contributed by atoms with Gasteiger partial charge in [-0.25, -0.2) is 4.79 Å². The van der Waals surface area contributed by atoms with E-state index >= 15 is 5.72 Å². The largest absolute Gasteiger partial charge is 0.0603 e. The molecule has 5 rings (SSSR count). The number of nitrogens with one attached hydrogen (secondary N) is 2. The predicted molar refractivity (Wildman–Crippen MR) is 276 cm³/mol. The molecular weight excluding hydrogens is 1070 g/mol. The Balaban J connectivity index is 1.22. The molecule has 4 heterocycles. The second-order valence-electron chi connectivity index (χ2n) is 21.0. The SMILES string of the molecule is CC[C@H](C)[C@@H]([C@@H](CC(=O)N1CCC[C@H]1[C@H](OC)[C@@H](C)C(=O)N[C@@H](Cc1ccccc1)C(=O)O)OC)N(C)C(=O)[C@@H](NC(=O)[C@H](C(C)C)N(C)C(=O)CCCCc1ccc2n1[I-](F)(F)[N+]1=C(C)C=C(C)C1=C2)C(C)C. The van der Waals surface area contributed by atoms with E-state index in [0.717, 1.165) is 11.1 Å². The molecule has 1 aromatic carbocycles. The molecule has 16 nitrogen and oxygen atoms in total. The Hall–Kier alpha value is -5.02. The van der Waals surface area contributed by atoms with Crippen molar-refractivity contribution in [3.05, 3.63) is 76.8 Å². The van der Waals surface area contributed by atoms with Crippen molar-refractivity contribution >= 4 is 47.3 Å². The second kappa shape index (κ2) is 26.2. The zero-order valence-corrected chi connectivity index (χ0v) is 47.9. The van der Waals surface area contributed by atoms with Gasteiger partial charge in [0.25, 0.3) is 0 Å². The van der Waals surface area contributed by atoms with Crippen LogP contribution in [0.3, 0.4) is 0 Å². The third-order valence-corrected chi connectivity index (χ3v) is 19.9. The average molecular weight is 1150 g/mol. The number of methoxy groups -OCH3 is 2. The van der Waals surface area contributed by atoms with Crippen molar-refractivity contribution in [3.8, 4) is 0 Å². The van der Waals surface area contributed by atoms with E-state index in [1.165, 1.54) is 24.7 Å². The molecule has 5 amide bonds. The van der Waals surface area contributed by atoms with E-state index < -0.39 is 86.2 Å². The summed E-state index contributed by atoms with van der Waals surface area (Å²) in [5, 5.41) is 15.6. The van der Waals surface area contributed by atoms with Gasteiger partial charge in [0.2, 0.25) is 17.7 Å². The molecule has 0 bridgehead atoms. The molecule has 74 heavy (non-hydrogen) atoms. The molecule has 0 spiro atoms. The van der Waals surface area contributed by atoms with Crippen LogP contribution in [0.15, 0.2) is 59.8 Å². The number of aryl methyl sites for hydroxylation is 1. The Morgan fingerprint density at radius 2 is 1.55 bits per heavy atom. The van der Waals surface area contributed by atoms with Gasteiger partial charge in [0.1, 0.15) is 6.04 Å². The number of fused-ring (bicyclic) bond motifs is 2. The van der Waals surface area contributed by atoms with E-state index in [0.29, 0.717) is 67.9 Å². The molecular formula is C55H82F2IN7O9. The molecule has 412 valence electrons. The fraction of sp³-hybridized carbons (Fsp3) is 0.618. The Morgan fingerprint density at radius 3 is 2.15 bits per heavy atom. The zero-order valence-electron chi connectivity index (χ0n) is 45.7. The first-order valence-electron chi connectivity index (χ1n) is 26.1. The number of aromatic nitrogens is 1. The number of nitrogens with zero attached hydrogens (tertiary/aromatic N) is 5. The fourth-order valence-corrected chi connectivity index (χ4v) is 15.7. The molecule has 0 saturated carbocycles. The molecule has 2 aromatic rings. The van der Waals surface area contributed by atoms with Crippen LogP contribution in [0.25, 0.3) is 6.08 Å². The minimum Gasteiger partial charge on any atom is -0.0603 e. The number of rotatable bonds is 26. The predicted octanol–water partition coefficient (Wildman–Crippen LogP) is 3.95. The van der Waals surface area contributed by atoms with Crippen LogP contribution in [0, 0.1) is 23.7 Å². The van der Waals surface area contributed by atoms with Crippen LogP contribution in [0.1, 0.15) is 124 Å². The standard InChI is InChI=1S/C55H82F2IN7O9/c1-14-35(6)50(45(73-12)32-47(67)63-28-20-24-43(63)51(74-13)38(9)52(68)59-42(55(71)72)30-39-21-16-15-17-22-39)62(11)54(70)48(33(2)3)60-53(69)49(34(4)5)61(10)46(66)25-19-18-23-40-26-27-41-31-44-36(7)29-37(8)64(44)58(56,57)65(40)41/h15-17,21-22,26-27,29,31,33-35,38,42-43,45,48-51H,14,18-20,23-25,28,30,32H2,1-13H3,(H,59,68)(H,60,69)(H,71,72)/t35-,38+,42-,43-,45+,48-,49-,50-,51+/m0/s1. The topological polar surface area (TPSA) is 183 Å². The number of carbonyl (C=O) groups is 6. The third kappa shape index (κ3) is 13.5. The van der Waals surface area contributed by atoms with Crippen molar-refractivity contribution in [3.63, 3.8) is 0 Å². The summed E-state index contributed by atoms with van der Waals surface area (Å²) in [4.78, 5) is 87.7. The minimum absolute atomic E-state index is 0.0923. The summed E-state index contributed by atoms with van der Waals surface area (Å²) in [7, 11) is 6.20. The number of carboxylic acids is 1. The van der Waals surface area contributed by atoms with Crippen LogP contribution in [0.4, 0.5) is 5.72 Å². The number of likely N-dealkylation sites (N-methyl/N-ethyl adjacent to an activating group) is 2. The van der Waals surface area contributed by atoms with Crippen LogP contribution in [-0.4, -0.2) is 144 Å². The Labute approximate surface area is 443 Å². The van der Waals surface area contributed by atoms with Crippen molar-refractivity contribution in [1.29, 1.82) is 0 Å². The van der Waals surface area contributed by atoms with Gasteiger partial charge >= 0.3 is 200 Å².